The van der Waals surface area contributed by atoms with Crippen LogP contribution in [0.1, 0.15) is 17.7 Å². The van der Waals surface area contributed by atoms with Gasteiger partial charge in [0.05, 0.1) is 17.5 Å². The minimum Gasteiger partial charge on any atom is -0.503 e. The molecule has 0 spiro atoms. The third kappa shape index (κ3) is 2.71. The standard InChI is InChI=1S/C8H6F5NO2/c1-3-5(7(9)10)6(4(15)2-14-3)16-8(11,12)13/h2,7,15H,1H3. The Bertz CT molecular complexity index is 391. The fourth-order valence-electron chi connectivity index (χ4n) is 1.07. The summed E-state index contributed by atoms with van der Waals surface area (Å²) in [6.07, 6.45) is -7.77. The van der Waals surface area contributed by atoms with E-state index in [1.54, 1.807) is 0 Å². The lowest BCUT2D eigenvalue weighted by molar-refractivity contribution is -0.275. The van der Waals surface area contributed by atoms with Gasteiger partial charge >= 0.3 is 6.36 Å². The molecule has 0 aliphatic carbocycles. The number of rotatable bonds is 2. The molecule has 90 valence electrons. The molecular formula is C8H6F5NO2. The van der Waals surface area contributed by atoms with Gasteiger partial charge in [-0.3, -0.25) is 4.98 Å². The van der Waals surface area contributed by atoms with Crippen molar-refractivity contribution >= 4 is 0 Å². The Morgan fingerprint density at radius 3 is 2.38 bits per heavy atom. The zero-order chi connectivity index (χ0) is 12.5. The third-order valence-electron chi connectivity index (χ3n) is 1.68. The van der Waals surface area contributed by atoms with Gasteiger partial charge in [0.15, 0.2) is 11.5 Å². The van der Waals surface area contributed by atoms with E-state index < -0.39 is 29.9 Å². The Morgan fingerprint density at radius 2 is 1.94 bits per heavy atom. The lowest BCUT2D eigenvalue weighted by Gasteiger charge is -2.15. The second kappa shape index (κ2) is 4.11. The number of pyridine rings is 1. The fourth-order valence-corrected chi connectivity index (χ4v) is 1.07. The highest BCUT2D eigenvalue weighted by Gasteiger charge is 2.35. The molecule has 0 aromatic carbocycles. The number of hydrogen-bond acceptors (Lipinski definition) is 3. The molecule has 0 bridgehead atoms. The molecule has 16 heavy (non-hydrogen) atoms. The number of nitrogens with zero attached hydrogens (tertiary/aromatic N) is 1. The van der Waals surface area contributed by atoms with Gasteiger partial charge in [-0.05, 0) is 6.92 Å². The van der Waals surface area contributed by atoms with Crippen LogP contribution in [0.15, 0.2) is 6.20 Å². The molecule has 1 aromatic heterocycles. The number of aromatic hydroxyl groups is 1. The Hall–Kier alpha value is -1.60. The third-order valence-corrected chi connectivity index (χ3v) is 1.68. The molecule has 3 nitrogen and oxygen atoms in total. The van der Waals surface area contributed by atoms with E-state index in [1.807, 2.05) is 0 Å². The van der Waals surface area contributed by atoms with Crippen molar-refractivity contribution in [2.75, 3.05) is 0 Å². The van der Waals surface area contributed by atoms with Crippen LogP contribution in [0.3, 0.4) is 0 Å². The molecule has 0 aliphatic heterocycles. The predicted octanol–water partition coefficient (Wildman–Crippen LogP) is 2.93. The Balaban J connectivity index is 3.29. The summed E-state index contributed by atoms with van der Waals surface area (Å²) in [6, 6.07) is 0. The highest BCUT2D eigenvalue weighted by molar-refractivity contribution is 5.46. The van der Waals surface area contributed by atoms with Gasteiger partial charge in [0, 0.05) is 0 Å². The van der Waals surface area contributed by atoms with Crippen molar-refractivity contribution in [3.8, 4) is 11.5 Å². The summed E-state index contributed by atoms with van der Waals surface area (Å²) < 4.78 is 63.9. The molecule has 0 aliphatic rings. The Morgan fingerprint density at radius 1 is 1.38 bits per heavy atom. The molecule has 1 rings (SSSR count). The van der Waals surface area contributed by atoms with Gasteiger partial charge in [-0.15, -0.1) is 13.2 Å². The summed E-state index contributed by atoms with van der Waals surface area (Å²) >= 11 is 0. The number of ether oxygens (including phenoxy) is 1. The lowest BCUT2D eigenvalue weighted by atomic mass is 10.2. The van der Waals surface area contributed by atoms with E-state index >= 15 is 0 Å². The highest BCUT2D eigenvalue weighted by Crippen LogP contribution is 2.40. The molecule has 1 heterocycles. The topological polar surface area (TPSA) is 42.4 Å². The van der Waals surface area contributed by atoms with Crippen LogP contribution in [0.4, 0.5) is 22.0 Å². The molecule has 1 N–H and O–H groups in total. The van der Waals surface area contributed by atoms with Gasteiger partial charge in [-0.1, -0.05) is 0 Å². The lowest BCUT2D eigenvalue weighted by Crippen LogP contribution is -2.19. The van der Waals surface area contributed by atoms with Crippen molar-refractivity contribution in [3.63, 3.8) is 0 Å². The van der Waals surface area contributed by atoms with Crippen LogP contribution in [0, 0.1) is 6.92 Å². The monoisotopic (exact) mass is 243 g/mol. The highest BCUT2D eigenvalue weighted by atomic mass is 19.4. The van der Waals surface area contributed by atoms with Gasteiger partial charge in [0.1, 0.15) is 0 Å². The first-order valence-electron chi connectivity index (χ1n) is 3.94. The summed E-state index contributed by atoms with van der Waals surface area (Å²) in [4.78, 5) is 3.31. The van der Waals surface area contributed by atoms with Crippen molar-refractivity contribution in [2.24, 2.45) is 0 Å². The minimum absolute atomic E-state index is 0.341. The minimum atomic E-state index is -5.16. The van der Waals surface area contributed by atoms with Crippen molar-refractivity contribution in [2.45, 2.75) is 19.7 Å². The Kier molecular flexibility index (Phi) is 3.20. The van der Waals surface area contributed by atoms with Crippen LogP contribution in [0.25, 0.3) is 0 Å². The first-order valence-corrected chi connectivity index (χ1v) is 3.94. The molecule has 0 atom stereocenters. The largest absolute Gasteiger partial charge is 0.573 e. The molecule has 0 saturated carbocycles. The maximum Gasteiger partial charge on any atom is 0.573 e. The van der Waals surface area contributed by atoms with E-state index in [1.165, 1.54) is 0 Å². The predicted molar refractivity (Wildman–Crippen MR) is 42.3 cm³/mol. The van der Waals surface area contributed by atoms with Crippen molar-refractivity contribution < 1.29 is 31.8 Å². The second-order valence-corrected chi connectivity index (χ2v) is 2.82. The summed E-state index contributed by atoms with van der Waals surface area (Å²) in [7, 11) is 0. The van der Waals surface area contributed by atoms with E-state index in [2.05, 4.69) is 9.72 Å². The first-order chi connectivity index (χ1) is 7.22. The zero-order valence-corrected chi connectivity index (χ0v) is 7.85. The van der Waals surface area contributed by atoms with Gasteiger partial charge in [0.25, 0.3) is 6.43 Å². The molecule has 1 aromatic rings. The van der Waals surface area contributed by atoms with Crippen LogP contribution >= 0.6 is 0 Å². The quantitative estimate of drug-likeness (QED) is 0.812. The summed E-state index contributed by atoms with van der Waals surface area (Å²) in [5, 5.41) is 9.01. The maximum atomic E-state index is 12.4. The van der Waals surface area contributed by atoms with E-state index in [9.17, 15) is 22.0 Å². The molecule has 0 radical (unpaired) electrons. The zero-order valence-electron chi connectivity index (χ0n) is 7.85. The number of alkyl halides is 5. The SMILES string of the molecule is Cc1ncc(O)c(OC(F)(F)F)c1C(F)F. The second-order valence-electron chi connectivity index (χ2n) is 2.82. The summed E-state index contributed by atoms with van der Waals surface area (Å²) in [5.74, 6) is -2.40. The van der Waals surface area contributed by atoms with Crippen LogP contribution in [-0.4, -0.2) is 16.5 Å². The van der Waals surface area contributed by atoms with Crippen molar-refractivity contribution in [1.82, 2.24) is 4.98 Å². The van der Waals surface area contributed by atoms with Gasteiger partial charge in [-0.25, -0.2) is 8.78 Å². The number of aryl methyl sites for hydroxylation is 1. The maximum absolute atomic E-state index is 12.4. The van der Waals surface area contributed by atoms with Gasteiger partial charge < -0.3 is 9.84 Å². The molecule has 8 heteroatoms. The average molecular weight is 243 g/mol. The van der Waals surface area contributed by atoms with Crippen molar-refractivity contribution in [1.29, 1.82) is 0 Å². The van der Waals surface area contributed by atoms with Crippen LogP contribution in [-0.2, 0) is 0 Å². The molecule has 0 fully saturated rings. The molecule has 0 unspecified atom stereocenters. The van der Waals surface area contributed by atoms with E-state index in [0.717, 1.165) is 6.92 Å². The van der Waals surface area contributed by atoms with Crippen molar-refractivity contribution in [3.05, 3.63) is 17.5 Å². The first kappa shape index (κ1) is 12.5. The average Bonchev–Trinajstić information content (AvgIpc) is 2.08. The molecular weight excluding hydrogens is 237 g/mol. The summed E-state index contributed by atoms with van der Waals surface area (Å²) in [6.45, 7) is 1.09. The van der Waals surface area contributed by atoms with Crippen LogP contribution in [0.5, 0.6) is 11.5 Å². The number of halogens is 5. The smallest absolute Gasteiger partial charge is 0.503 e. The number of hydrogen-bond donors (Lipinski definition) is 1. The van der Waals surface area contributed by atoms with E-state index in [-0.39, 0.29) is 5.69 Å². The number of aromatic nitrogens is 1. The fraction of sp³-hybridized carbons (Fsp3) is 0.375. The van der Waals surface area contributed by atoms with Crippen LogP contribution < -0.4 is 4.74 Å². The molecule has 0 saturated heterocycles. The van der Waals surface area contributed by atoms with Gasteiger partial charge in [0.2, 0.25) is 0 Å². The Labute approximate surface area is 86.5 Å². The van der Waals surface area contributed by atoms with E-state index in [4.69, 9.17) is 5.11 Å². The van der Waals surface area contributed by atoms with E-state index in [0.29, 0.717) is 6.20 Å². The van der Waals surface area contributed by atoms with Crippen LogP contribution in [0.2, 0.25) is 0 Å². The summed E-state index contributed by atoms with van der Waals surface area (Å²) in [5.41, 5.74) is -1.41. The normalized spacial score (nSPS) is 11.9. The molecule has 0 amide bonds. The van der Waals surface area contributed by atoms with Gasteiger partial charge in [-0.2, -0.15) is 0 Å².